The van der Waals surface area contributed by atoms with Crippen molar-refractivity contribution < 1.29 is 24.5 Å². The van der Waals surface area contributed by atoms with Gasteiger partial charge in [-0.2, -0.15) is 0 Å². The number of carbonyl (C=O) groups excluding carboxylic acids is 1. The first-order valence-electron chi connectivity index (χ1n) is 7.12. The fourth-order valence-corrected chi connectivity index (χ4v) is 2.86. The molecule has 0 bridgehead atoms. The smallest absolute Gasteiger partial charge is 0.317 e. The fraction of sp³-hybridized carbons (Fsp3) is 0.846. The van der Waals surface area contributed by atoms with Crippen molar-refractivity contribution in [3.63, 3.8) is 0 Å². The molecule has 7 heteroatoms. The molecule has 0 aromatic carbocycles. The van der Waals surface area contributed by atoms with Crippen molar-refractivity contribution in [1.82, 2.24) is 10.2 Å². The number of nitrogens with one attached hydrogen (secondary N) is 1. The highest BCUT2D eigenvalue weighted by atomic mass is 16.5. The Labute approximate surface area is 117 Å². The van der Waals surface area contributed by atoms with Crippen LogP contribution in [-0.4, -0.2) is 65.6 Å². The zero-order chi connectivity index (χ0) is 14.5. The topological polar surface area (TPSA) is 99.1 Å². The fourth-order valence-electron chi connectivity index (χ4n) is 2.86. The van der Waals surface area contributed by atoms with E-state index in [-0.39, 0.29) is 24.8 Å². The van der Waals surface area contributed by atoms with E-state index in [1.807, 2.05) is 0 Å². The van der Waals surface area contributed by atoms with E-state index >= 15 is 0 Å². The third-order valence-corrected chi connectivity index (χ3v) is 4.02. The number of aliphatic carboxylic acids is 1. The molecule has 3 unspecified atom stereocenters. The van der Waals surface area contributed by atoms with Crippen LogP contribution in [0.25, 0.3) is 0 Å². The summed E-state index contributed by atoms with van der Waals surface area (Å²) in [4.78, 5) is 25.0. The number of ether oxygens (including phenoxy) is 1. The monoisotopic (exact) mass is 286 g/mol. The first-order chi connectivity index (χ1) is 9.61. The molecule has 1 aliphatic carbocycles. The molecule has 0 aromatic rings. The lowest BCUT2D eigenvalue weighted by atomic mass is 9.84. The van der Waals surface area contributed by atoms with Gasteiger partial charge in [-0.25, -0.2) is 4.79 Å². The zero-order valence-electron chi connectivity index (χ0n) is 11.5. The number of hydrogen-bond donors (Lipinski definition) is 3. The van der Waals surface area contributed by atoms with Crippen molar-refractivity contribution >= 4 is 12.0 Å². The van der Waals surface area contributed by atoms with Crippen molar-refractivity contribution in [2.45, 2.75) is 37.8 Å². The van der Waals surface area contributed by atoms with Gasteiger partial charge in [-0.15, -0.1) is 0 Å². The van der Waals surface area contributed by atoms with E-state index in [2.05, 4.69) is 5.32 Å². The predicted molar refractivity (Wildman–Crippen MR) is 70.3 cm³/mol. The third kappa shape index (κ3) is 3.61. The molecule has 2 amide bonds. The quantitative estimate of drug-likeness (QED) is 0.680. The molecule has 1 saturated heterocycles. The lowest BCUT2D eigenvalue weighted by Crippen LogP contribution is -2.54. The molecular formula is C13H22N2O5. The number of amides is 2. The number of urea groups is 1. The third-order valence-electron chi connectivity index (χ3n) is 4.02. The molecule has 7 nitrogen and oxygen atoms in total. The second-order valence-electron chi connectivity index (χ2n) is 5.41. The van der Waals surface area contributed by atoms with Crippen molar-refractivity contribution in [3.05, 3.63) is 0 Å². The van der Waals surface area contributed by atoms with Gasteiger partial charge >= 0.3 is 12.0 Å². The number of carboxylic acid groups (broad SMARTS) is 1. The Morgan fingerprint density at radius 2 is 2.05 bits per heavy atom. The summed E-state index contributed by atoms with van der Waals surface area (Å²) in [5, 5.41) is 21.1. The molecule has 3 atom stereocenters. The van der Waals surface area contributed by atoms with E-state index in [0.29, 0.717) is 32.5 Å². The number of carboxylic acids is 1. The minimum absolute atomic E-state index is 0.120. The van der Waals surface area contributed by atoms with Crippen LogP contribution in [0.5, 0.6) is 0 Å². The normalized spacial score (nSPS) is 30.9. The molecule has 0 radical (unpaired) electrons. The van der Waals surface area contributed by atoms with Gasteiger partial charge in [0.05, 0.1) is 31.8 Å². The van der Waals surface area contributed by atoms with Crippen LogP contribution < -0.4 is 5.32 Å². The Balaban J connectivity index is 1.90. The van der Waals surface area contributed by atoms with Gasteiger partial charge < -0.3 is 25.2 Å². The first-order valence-corrected chi connectivity index (χ1v) is 7.12. The number of aliphatic hydroxyl groups is 1. The summed E-state index contributed by atoms with van der Waals surface area (Å²) < 4.78 is 5.29. The molecule has 0 spiro atoms. The molecule has 2 aliphatic rings. The maximum Gasteiger partial charge on any atom is 0.317 e. The van der Waals surface area contributed by atoms with E-state index in [9.17, 15) is 14.7 Å². The Morgan fingerprint density at radius 1 is 1.30 bits per heavy atom. The van der Waals surface area contributed by atoms with Gasteiger partial charge in [0.25, 0.3) is 0 Å². The zero-order valence-corrected chi connectivity index (χ0v) is 11.5. The molecule has 3 N–H and O–H groups in total. The second kappa shape index (κ2) is 6.90. The number of aliphatic hydroxyl groups excluding tert-OH is 1. The van der Waals surface area contributed by atoms with E-state index in [1.165, 1.54) is 0 Å². The van der Waals surface area contributed by atoms with Gasteiger partial charge in [-0.1, -0.05) is 12.8 Å². The number of hydrogen-bond acceptors (Lipinski definition) is 4. The van der Waals surface area contributed by atoms with Crippen LogP contribution in [-0.2, 0) is 9.53 Å². The van der Waals surface area contributed by atoms with Gasteiger partial charge in [-0.3, -0.25) is 4.79 Å². The van der Waals surface area contributed by atoms with Crippen LogP contribution in [0.15, 0.2) is 0 Å². The highest BCUT2D eigenvalue weighted by Crippen LogP contribution is 2.25. The summed E-state index contributed by atoms with van der Waals surface area (Å²) in [5.41, 5.74) is 0. The van der Waals surface area contributed by atoms with Gasteiger partial charge in [0.15, 0.2) is 0 Å². The van der Waals surface area contributed by atoms with Crippen LogP contribution in [0.3, 0.4) is 0 Å². The van der Waals surface area contributed by atoms with Crippen molar-refractivity contribution in [2.75, 3.05) is 26.3 Å². The minimum Gasteiger partial charge on any atom is -0.481 e. The van der Waals surface area contributed by atoms with Crippen LogP contribution in [0.2, 0.25) is 0 Å². The number of rotatable bonds is 3. The van der Waals surface area contributed by atoms with Crippen molar-refractivity contribution in [2.24, 2.45) is 5.92 Å². The largest absolute Gasteiger partial charge is 0.481 e. The SMILES string of the molecule is O=C(O)C1CCCCC1NC(=O)N1CCOC(CO)C1. The molecule has 114 valence electrons. The average Bonchev–Trinajstić information content (AvgIpc) is 2.47. The number of morpholine rings is 1. The van der Waals surface area contributed by atoms with Gasteiger partial charge in [0.1, 0.15) is 0 Å². The molecule has 0 aromatic heterocycles. The van der Waals surface area contributed by atoms with Gasteiger partial charge in [0.2, 0.25) is 0 Å². The molecule has 1 saturated carbocycles. The van der Waals surface area contributed by atoms with Gasteiger partial charge in [-0.05, 0) is 12.8 Å². The van der Waals surface area contributed by atoms with Crippen LogP contribution in [0.4, 0.5) is 4.79 Å². The lowest BCUT2D eigenvalue weighted by Gasteiger charge is -2.35. The molecule has 2 rings (SSSR count). The predicted octanol–water partition coefficient (Wildman–Crippen LogP) is 0.0325. The van der Waals surface area contributed by atoms with Crippen LogP contribution in [0, 0.1) is 5.92 Å². The molecule has 1 aliphatic heterocycles. The highest BCUT2D eigenvalue weighted by Gasteiger charge is 2.33. The standard InChI is InChI=1S/C13H22N2O5/c16-8-9-7-15(5-6-20-9)13(19)14-11-4-2-1-3-10(11)12(17)18/h9-11,16H,1-8H2,(H,14,19)(H,17,18). The maximum absolute atomic E-state index is 12.2. The van der Waals surface area contributed by atoms with E-state index < -0.39 is 11.9 Å². The van der Waals surface area contributed by atoms with Crippen LogP contribution >= 0.6 is 0 Å². The Morgan fingerprint density at radius 3 is 2.75 bits per heavy atom. The number of nitrogens with zero attached hydrogens (tertiary/aromatic N) is 1. The molecular weight excluding hydrogens is 264 g/mol. The summed E-state index contributed by atoms with van der Waals surface area (Å²) >= 11 is 0. The molecule has 2 fully saturated rings. The van der Waals surface area contributed by atoms with E-state index in [4.69, 9.17) is 9.84 Å². The van der Waals surface area contributed by atoms with Crippen molar-refractivity contribution in [1.29, 1.82) is 0 Å². The van der Waals surface area contributed by atoms with E-state index in [1.54, 1.807) is 4.90 Å². The first kappa shape index (κ1) is 15.1. The average molecular weight is 286 g/mol. The highest BCUT2D eigenvalue weighted by molar-refractivity contribution is 5.77. The number of carbonyl (C=O) groups is 2. The van der Waals surface area contributed by atoms with E-state index in [0.717, 1.165) is 12.8 Å². The van der Waals surface area contributed by atoms with Crippen LogP contribution in [0.1, 0.15) is 25.7 Å². The summed E-state index contributed by atoms with van der Waals surface area (Å²) in [6, 6.07) is -0.561. The maximum atomic E-state index is 12.2. The lowest BCUT2D eigenvalue weighted by molar-refractivity contribution is -0.143. The molecule has 20 heavy (non-hydrogen) atoms. The summed E-state index contributed by atoms with van der Waals surface area (Å²) in [7, 11) is 0. The Bertz CT molecular complexity index is 363. The van der Waals surface area contributed by atoms with Crippen molar-refractivity contribution in [3.8, 4) is 0 Å². The Kier molecular flexibility index (Phi) is 5.19. The summed E-state index contributed by atoms with van der Waals surface area (Å²) in [6.45, 7) is 1.08. The Hall–Kier alpha value is -1.34. The van der Waals surface area contributed by atoms with Gasteiger partial charge in [0, 0.05) is 12.6 Å². The summed E-state index contributed by atoms with van der Waals surface area (Å²) in [6.07, 6.45) is 2.81. The minimum atomic E-state index is -0.842. The second-order valence-corrected chi connectivity index (χ2v) is 5.41. The summed E-state index contributed by atoms with van der Waals surface area (Å²) in [5.74, 6) is -1.34. The molecule has 1 heterocycles.